The third-order valence-corrected chi connectivity index (χ3v) is 5.65. The predicted molar refractivity (Wildman–Crippen MR) is 119 cm³/mol. The molecule has 0 aliphatic carbocycles. The number of amides is 1. The lowest BCUT2D eigenvalue weighted by atomic mass is 10.1. The van der Waals surface area contributed by atoms with Crippen LogP contribution >= 0.6 is 0 Å². The maximum atomic E-state index is 13.3. The molecule has 160 valence electrons. The van der Waals surface area contributed by atoms with Crippen LogP contribution in [0.3, 0.4) is 0 Å². The summed E-state index contributed by atoms with van der Waals surface area (Å²) >= 11 is 0. The van der Waals surface area contributed by atoms with Crippen molar-refractivity contribution in [1.82, 2.24) is 24.8 Å². The Bertz CT molecular complexity index is 1370. The van der Waals surface area contributed by atoms with Gasteiger partial charge in [0.15, 0.2) is 0 Å². The first-order valence-electron chi connectivity index (χ1n) is 10.4. The molecule has 5 rings (SSSR count). The Balaban J connectivity index is 1.51. The minimum atomic E-state index is -0.342. The number of carbonyl (C=O) groups excluding carboxylic acids is 1. The second-order valence-electron chi connectivity index (χ2n) is 7.62. The van der Waals surface area contributed by atoms with E-state index in [2.05, 4.69) is 19.9 Å². The second kappa shape index (κ2) is 8.22. The lowest BCUT2D eigenvalue weighted by molar-refractivity contribution is 0.0724. The van der Waals surface area contributed by atoms with Crippen molar-refractivity contribution in [1.29, 1.82) is 0 Å². The number of nitrogens with zero attached hydrogens (tertiary/aromatic N) is 4. The fraction of sp³-hybridized carbons (Fsp3) is 0.208. The van der Waals surface area contributed by atoms with E-state index >= 15 is 0 Å². The van der Waals surface area contributed by atoms with Crippen LogP contribution in [0, 0.1) is 0 Å². The van der Waals surface area contributed by atoms with Crippen LogP contribution in [0.15, 0.2) is 65.6 Å². The highest BCUT2D eigenvalue weighted by Gasteiger charge is 2.33. The molecule has 1 amide bonds. The van der Waals surface area contributed by atoms with Gasteiger partial charge in [-0.1, -0.05) is 24.3 Å². The zero-order chi connectivity index (χ0) is 22.1. The Kier molecular flexibility index (Phi) is 5.10. The van der Waals surface area contributed by atoms with Crippen molar-refractivity contribution in [2.45, 2.75) is 18.9 Å². The van der Waals surface area contributed by atoms with Crippen molar-refractivity contribution < 1.29 is 9.53 Å². The van der Waals surface area contributed by atoms with E-state index in [0.717, 1.165) is 17.3 Å². The van der Waals surface area contributed by atoms with Crippen LogP contribution in [0.5, 0.6) is 5.88 Å². The number of benzene rings is 1. The molecule has 1 aliphatic heterocycles. The highest BCUT2D eigenvalue weighted by atomic mass is 16.5. The van der Waals surface area contributed by atoms with Gasteiger partial charge in [-0.05, 0) is 37.1 Å². The molecule has 0 unspecified atom stereocenters. The maximum absolute atomic E-state index is 13.3. The monoisotopic (exact) mass is 427 g/mol. The van der Waals surface area contributed by atoms with Gasteiger partial charge in [0.1, 0.15) is 11.5 Å². The molecule has 8 heteroatoms. The van der Waals surface area contributed by atoms with E-state index < -0.39 is 0 Å². The van der Waals surface area contributed by atoms with Crippen molar-refractivity contribution in [3.05, 3.63) is 82.7 Å². The SMILES string of the molecule is COc1ncccc1-c1cc(=O)[nH]c([C@H]2CCCN2C(=O)c2ccc3ccccc3n2)n1. The molecule has 4 heterocycles. The molecule has 0 bridgehead atoms. The Morgan fingerprint density at radius 2 is 2.00 bits per heavy atom. The number of aromatic nitrogens is 4. The largest absolute Gasteiger partial charge is 0.481 e. The molecule has 1 atom stereocenters. The lowest BCUT2D eigenvalue weighted by Crippen LogP contribution is -2.33. The van der Waals surface area contributed by atoms with Crippen LogP contribution in [0.25, 0.3) is 22.2 Å². The van der Waals surface area contributed by atoms with Crippen molar-refractivity contribution >= 4 is 16.8 Å². The van der Waals surface area contributed by atoms with Crippen LogP contribution < -0.4 is 10.3 Å². The van der Waals surface area contributed by atoms with E-state index in [0.29, 0.717) is 41.6 Å². The summed E-state index contributed by atoms with van der Waals surface area (Å²) in [5, 5.41) is 0.978. The number of para-hydroxylation sites is 1. The van der Waals surface area contributed by atoms with Gasteiger partial charge in [-0.2, -0.15) is 0 Å². The van der Waals surface area contributed by atoms with Crippen LogP contribution in [0.2, 0.25) is 0 Å². The van der Waals surface area contributed by atoms with E-state index in [-0.39, 0.29) is 17.5 Å². The van der Waals surface area contributed by atoms with Gasteiger partial charge >= 0.3 is 0 Å². The molecule has 1 aromatic carbocycles. The van der Waals surface area contributed by atoms with E-state index in [9.17, 15) is 9.59 Å². The Hall–Kier alpha value is -4.07. The lowest BCUT2D eigenvalue weighted by Gasteiger charge is -2.24. The highest BCUT2D eigenvalue weighted by molar-refractivity contribution is 5.95. The quantitative estimate of drug-likeness (QED) is 0.536. The first kappa shape index (κ1) is 19.9. The van der Waals surface area contributed by atoms with Crippen molar-refractivity contribution in [2.24, 2.45) is 0 Å². The third-order valence-electron chi connectivity index (χ3n) is 5.65. The van der Waals surface area contributed by atoms with E-state index in [1.165, 1.54) is 13.2 Å². The van der Waals surface area contributed by atoms with E-state index in [4.69, 9.17) is 4.74 Å². The van der Waals surface area contributed by atoms with Gasteiger partial charge < -0.3 is 14.6 Å². The minimum Gasteiger partial charge on any atom is -0.481 e. The number of ether oxygens (including phenoxy) is 1. The number of fused-ring (bicyclic) bond motifs is 1. The third kappa shape index (κ3) is 3.60. The topological polar surface area (TPSA) is 101 Å². The molecular weight excluding hydrogens is 406 g/mol. The molecule has 8 nitrogen and oxygen atoms in total. The number of likely N-dealkylation sites (tertiary alicyclic amines) is 1. The number of rotatable bonds is 4. The zero-order valence-electron chi connectivity index (χ0n) is 17.5. The fourth-order valence-electron chi connectivity index (χ4n) is 4.15. The van der Waals surface area contributed by atoms with Gasteiger partial charge in [0, 0.05) is 24.2 Å². The average molecular weight is 427 g/mol. The summed E-state index contributed by atoms with van der Waals surface area (Å²) in [6.07, 6.45) is 3.13. The molecule has 4 aromatic rings. The molecular formula is C24H21N5O3. The standard InChI is InChI=1S/C24H21N5O3/c1-32-23-16(7-4-12-25-23)19-14-21(30)28-22(27-19)20-9-5-13-29(20)24(31)18-11-10-15-6-2-3-8-17(15)26-18/h2-4,6-8,10-12,14,20H,5,9,13H2,1H3,(H,27,28,30)/t20-/m1/s1. The number of aromatic amines is 1. The molecule has 1 fully saturated rings. The molecule has 1 aliphatic rings. The highest BCUT2D eigenvalue weighted by Crippen LogP contribution is 2.32. The predicted octanol–water partition coefficient (Wildman–Crippen LogP) is 3.37. The summed E-state index contributed by atoms with van der Waals surface area (Å²) in [7, 11) is 1.52. The van der Waals surface area contributed by atoms with Crippen LogP contribution in [-0.2, 0) is 0 Å². The number of hydrogen-bond donors (Lipinski definition) is 1. The molecule has 0 radical (unpaired) electrons. The first-order chi connectivity index (χ1) is 15.6. The molecule has 32 heavy (non-hydrogen) atoms. The Labute approximate surface area is 183 Å². The van der Waals surface area contributed by atoms with Crippen LogP contribution in [0.4, 0.5) is 0 Å². The van der Waals surface area contributed by atoms with Crippen LogP contribution in [-0.4, -0.2) is 44.4 Å². The van der Waals surface area contributed by atoms with Gasteiger partial charge in [0.2, 0.25) is 5.88 Å². The first-order valence-corrected chi connectivity index (χ1v) is 10.4. The summed E-state index contributed by atoms with van der Waals surface area (Å²) in [5.74, 6) is 0.659. The number of nitrogens with one attached hydrogen (secondary N) is 1. The number of H-pyrrole nitrogens is 1. The summed E-state index contributed by atoms with van der Waals surface area (Å²) in [6.45, 7) is 0.572. The van der Waals surface area contributed by atoms with Gasteiger partial charge in [-0.3, -0.25) is 9.59 Å². The minimum absolute atomic E-state index is 0.176. The van der Waals surface area contributed by atoms with E-state index in [1.807, 2.05) is 30.3 Å². The van der Waals surface area contributed by atoms with Gasteiger partial charge in [0.05, 0.1) is 29.9 Å². The molecule has 0 spiro atoms. The number of carbonyl (C=O) groups is 1. The van der Waals surface area contributed by atoms with Crippen molar-refractivity contribution in [3.63, 3.8) is 0 Å². The smallest absolute Gasteiger partial charge is 0.273 e. The molecule has 1 saturated heterocycles. The van der Waals surface area contributed by atoms with Crippen molar-refractivity contribution in [3.8, 4) is 17.1 Å². The fourth-order valence-corrected chi connectivity index (χ4v) is 4.15. The molecule has 0 saturated carbocycles. The summed E-state index contributed by atoms with van der Waals surface area (Å²) < 4.78 is 5.32. The second-order valence-corrected chi connectivity index (χ2v) is 7.62. The number of pyridine rings is 2. The summed E-state index contributed by atoms with van der Waals surface area (Å²) in [4.78, 5) is 43.8. The maximum Gasteiger partial charge on any atom is 0.273 e. The van der Waals surface area contributed by atoms with E-state index in [1.54, 1.807) is 29.3 Å². The normalized spacial score (nSPS) is 15.8. The summed E-state index contributed by atoms with van der Waals surface area (Å²) in [6, 6.07) is 16.0. The summed E-state index contributed by atoms with van der Waals surface area (Å²) in [5.41, 5.74) is 1.93. The van der Waals surface area contributed by atoms with Gasteiger partial charge in [-0.25, -0.2) is 15.0 Å². The number of hydrogen-bond acceptors (Lipinski definition) is 6. The Morgan fingerprint density at radius 3 is 2.88 bits per heavy atom. The number of methoxy groups -OCH3 is 1. The van der Waals surface area contributed by atoms with Crippen LogP contribution in [0.1, 0.15) is 35.2 Å². The Morgan fingerprint density at radius 1 is 1.12 bits per heavy atom. The van der Waals surface area contributed by atoms with Crippen molar-refractivity contribution in [2.75, 3.05) is 13.7 Å². The van der Waals surface area contributed by atoms with Gasteiger partial charge in [0.25, 0.3) is 11.5 Å². The average Bonchev–Trinajstić information content (AvgIpc) is 3.33. The zero-order valence-corrected chi connectivity index (χ0v) is 17.5. The molecule has 1 N–H and O–H groups in total. The molecule has 3 aromatic heterocycles. The van der Waals surface area contributed by atoms with Gasteiger partial charge in [-0.15, -0.1) is 0 Å².